The fourth-order valence-corrected chi connectivity index (χ4v) is 2.14. The number of aryl methyl sites for hydroxylation is 1. The number of amides is 1. The van der Waals surface area contributed by atoms with Crippen LogP contribution in [-0.2, 0) is 11.8 Å². The molecular weight excluding hydrogens is 286 g/mol. The molecule has 2 N–H and O–H groups in total. The summed E-state index contributed by atoms with van der Waals surface area (Å²) in [6.45, 7) is 5.47. The molecule has 0 aliphatic carbocycles. The van der Waals surface area contributed by atoms with Crippen molar-refractivity contribution in [2.24, 2.45) is 7.05 Å². The Morgan fingerprint density at radius 3 is 2.55 bits per heavy atom. The molecule has 0 saturated heterocycles. The largest absolute Gasteiger partial charge is 0.476 e. The van der Waals surface area contributed by atoms with Crippen molar-refractivity contribution >= 4 is 11.9 Å². The molecule has 0 bridgehead atoms. The standard InChI is InChI=1S/C14H19N5O3/c1-8(11-7-15-18(4)9(11)2)16-13(20)10(3)19-6-5-12(17-19)14(21)22/h5-8,10H,1-4H3,(H,16,20)(H,21,22). The quantitative estimate of drug-likeness (QED) is 0.860. The lowest BCUT2D eigenvalue weighted by Gasteiger charge is -2.17. The molecule has 2 unspecified atom stereocenters. The van der Waals surface area contributed by atoms with Gasteiger partial charge in [-0.05, 0) is 26.8 Å². The van der Waals surface area contributed by atoms with Crippen molar-refractivity contribution in [2.75, 3.05) is 0 Å². The van der Waals surface area contributed by atoms with E-state index < -0.39 is 12.0 Å². The van der Waals surface area contributed by atoms with Crippen LogP contribution in [-0.4, -0.2) is 36.5 Å². The number of nitrogens with one attached hydrogen (secondary N) is 1. The molecule has 118 valence electrons. The fourth-order valence-electron chi connectivity index (χ4n) is 2.14. The molecule has 0 radical (unpaired) electrons. The number of carbonyl (C=O) groups excluding carboxylic acids is 1. The number of carboxylic acid groups (broad SMARTS) is 1. The van der Waals surface area contributed by atoms with Crippen molar-refractivity contribution in [3.05, 3.63) is 35.4 Å². The molecule has 1 amide bonds. The van der Waals surface area contributed by atoms with Crippen LogP contribution in [0, 0.1) is 6.92 Å². The number of carbonyl (C=O) groups is 2. The monoisotopic (exact) mass is 305 g/mol. The predicted octanol–water partition coefficient (Wildman–Crippen LogP) is 1.06. The van der Waals surface area contributed by atoms with Crippen LogP contribution in [0.4, 0.5) is 0 Å². The molecular formula is C14H19N5O3. The Morgan fingerprint density at radius 2 is 2.05 bits per heavy atom. The molecule has 8 heteroatoms. The Labute approximate surface area is 127 Å². The van der Waals surface area contributed by atoms with E-state index in [9.17, 15) is 9.59 Å². The molecule has 2 rings (SSSR count). The minimum absolute atomic E-state index is 0.0872. The fraction of sp³-hybridized carbons (Fsp3) is 0.429. The van der Waals surface area contributed by atoms with Gasteiger partial charge in [0, 0.05) is 24.5 Å². The predicted molar refractivity (Wildman–Crippen MR) is 78.4 cm³/mol. The van der Waals surface area contributed by atoms with Crippen LogP contribution in [0.15, 0.2) is 18.5 Å². The zero-order chi connectivity index (χ0) is 16.4. The van der Waals surface area contributed by atoms with Gasteiger partial charge >= 0.3 is 5.97 Å². The Bertz CT molecular complexity index is 703. The Morgan fingerprint density at radius 1 is 1.36 bits per heavy atom. The summed E-state index contributed by atoms with van der Waals surface area (Å²) < 4.78 is 3.08. The van der Waals surface area contributed by atoms with E-state index in [2.05, 4.69) is 15.5 Å². The van der Waals surface area contributed by atoms with Crippen molar-refractivity contribution in [3.63, 3.8) is 0 Å². The highest BCUT2D eigenvalue weighted by Crippen LogP contribution is 2.17. The lowest BCUT2D eigenvalue weighted by atomic mass is 10.1. The van der Waals surface area contributed by atoms with Crippen LogP contribution in [0.2, 0.25) is 0 Å². The van der Waals surface area contributed by atoms with Crippen molar-refractivity contribution < 1.29 is 14.7 Å². The van der Waals surface area contributed by atoms with Gasteiger partial charge in [0.2, 0.25) is 5.91 Å². The van der Waals surface area contributed by atoms with Gasteiger partial charge < -0.3 is 10.4 Å². The number of hydrogen-bond acceptors (Lipinski definition) is 4. The van der Waals surface area contributed by atoms with E-state index >= 15 is 0 Å². The Hall–Kier alpha value is -2.64. The van der Waals surface area contributed by atoms with Gasteiger partial charge in [-0.25, -0.2) is 4.79 Å². The number of aromatic carboxylic acids is 1. The highest BCUT2D eigenvalue weighted by Gasteiger charge is 2.21. The van der Waals surface area contributed by atoms with Crippen molar-refractivity contribution in [2.45, 2.75) is 32.9 Å². The van der Waals surface area contributed by atoms with E-state index in [4.69, 9.17) is 5.11 Å². The van der Waals surface area contributed by atoms with E-state index in [0.717, 1.165) is 11.3 Å². The molecule has 0 saturated carbocycles. The zero-order valence-electron chi connectivity index (χ0n) is 12.9. The van der Waals surface area contributed by atoms with E-state index in [1.54, 1.807) is 17.8 Å². The summed E-state index contributed by atoms with van der Waals surface area (Å²) in [6.07, 6.45) is 3.20. The molecule has 2 aromatic rings. The van der Waals surface area contributed by atoms with Crippen LogP contribution >= 0.6 is 0 Å². The first-order valence-corrected chi connectivity index (χ1v) is 6.88. The molecule has 0 spiro atoms. The van der Waals surface area contributed by atoms with Crippen molar-refractivity contribution in [3.8, 4) is 0 Å². The first-order chi connectivity index (χ1) is 10.3. The third-order valence-electron chi connectivity index (χ3n) is 3.70. The molecule has 8 nitrogen and oxygen atoms in total. The van der Waals surface area contributed by atoms with Gasteiger partial charge in [0.15, 0.2) is 5.69 Å². The van der Waals surface area contributed by atoms with Crippen LogP contribution in [0.25, 0.3) is 0 Å². The van der Waals surface area contributed by atoms with E-state index in [-0.39, 0.29) is 17.6 Å². The summed E-state index contributed by atoms with van der Waals surface area (Å²) in [7, 11) is 1.84. The molecule has 0 aliphatic rings. The second-order valence-electron chi connectivity index (χ2n) is 5.20. The number of carboxylic acids is 1. The number of hydrogen-bond donors (Lipinski definition) is 2. The smallest absolute Gasteiger partial charge is 0.356 e. The summed E-state index contributed by atoms with van der Waals surface area (Å²) in [5.74, 6) is -1.36. The average molecular weight is 305 g/mol. The Kier molecular flexibility index (Phi) is 4.30. The number of aromatic nitrogens is 4. The highest BCUT2D eigenvalue weighted by atomic mass is 16.4. The average Bonchev–Trinajstić information content (AvgIpc) is 3.06. The molecule has 2 aromatic heterocycles. The lowest BCUT2D eigenvalue weighted by molar-refractivity contribution is -0.124. The molecule has 2 heterocycles. The van der Waals surface area contributed by atoms with Crippen LogP contribution in [0.3, 0.4) is 0 Å². The number of rotatable bonds is 5. The normalized spacial score (nSPS) is 13.6. The Balaban J connectivity index is 2.07. The second kappa shape index (κ2) is 6.00. The van der Waals surface area contributed by atoms with Gasteiger partial charge in [0.05, 0.1) is 12.2 Å². The van der Waals surface area contributed by atoms with Crippen LogP contribution in [0.5, 0.6) is 0 Å². The van der Waals surface area contributed by atoms with E-state index in [1.807, 2.05) is 20.9 Å². The molecule has 0 aliphatic heterocycles. The van der Waals surface area contributed by atoms with Gasteiger partial charge in [0.25, 0.3) is 0 Å². The zero-order valence-corrected chi connectivity index (χ0v) is 12.9. The van der Waals surface area contributed by atoms with E-state index in [1.165, 1.54) is 16.9 Å². The maximum absolute atomic E-state index is 12.3. The number of nitrogens with zero attached hydrogens (tertiary/aromatic N) is 4. The first kappa shape index (κ1) is 15.7. The minimum Gasteiger partial charge on any atom is -0.476 e. The molecule has 2 atom stereocenters. The molecule has 0 fully saturated rings. The SMILES string of the molecule is Cc1c(C(C)NC(=O)C(C)n2ccc(C(=O)O)n2)cnn1C. The van der Waals surface area contributed by atoms with E-state index in [0.29, 0.717) is 0 Å². The summed E-state index contributed by atoms with van der Waals surface area (Å²) in [4.78, 5) is 23.1. The van der Waals surface area contributed by atoms with Crippen LogP contribution in [0.1, 0.15) is 47.7 Å². The summed E-state index contributed by atoms with van der Waals surface area (Å²) in [5.41, 5.74) is 1.83. The second-order valence-corrected chi connectivity index (χ2v) is 5.20. The summed E-state index contributed by atoms with van der Waals surface area (Å²) in [5, 5.41) is 19.8. The third kappa shape index (κ3) is 3.00. The van der Waals surface area contributed by atoms with Gasteiger partial charge in [-0.3, -0.25) is 14.2 Å². The summed E-state index contributed by atoms with van der Waals surface area (Å²) in [6, 6.07) is 0.562. The topological polar surface area (TPSA) is 102 Å². The maximum atomic E-state index is 12.3. The van der Waals surface area contributed by atoms with Crippen molar-refractivity contribution in [1.82, 2.24) is 24.9 Å². The van der Waals surface area contributed by atoms with Crippen LogP contribution < -0.4 is 5.32 Å². The summed E-state index contributed by atoms with van der Waals surface area (Å²) >= 11 is 0. The lowest BCUT2D eigenvalue weighted by Crippen LogP contribution is -2.33. The molecule has 0 aromatic carbocycles. The van der Waals surface area contributed by atoms with Crippen molar-refractivity contribution in [1.29, 1.82) is 0 Å². The third-order valence-corrected chi connectivity index (χ3v) is 3.70. The minimum atomic E-state index is -1.12. The van der Waals surface area contributed by atoms with Gasteiger partial charge in [-0.15, -0.1) is 0 Å². The highest BCUT2D eigenvalue weighted by molar-refractivity contribution is 5.85. The van der Waals surface area contributed by atoms with Gasteiger partial charge in [-0.2, -0.15) is 10.2 Å². The van der Waals surface area contributed by atoms with Gasteiger partial charge in [0.1, 0.15) is 6.04 Å². The molecule has 22 heavy (non-hydrogen) atoms. The van der Waals surface area contributed by atoms with Gasteiger partial charge in [-0.1, -0.05) is 0 Å². The first-order valence-electron chi connectivity index (χ1n) is 6.88. The maximum Gasteiger partial charge on any atom is 0.356 e.